The second kappa shape index (κ2) is 9.20. The summed E-state index contributed by atoms with van der Waals surface area (Å²) in [7, 11) is 0. The lowest BCUT2D eigenvalue weighted by atomic mass is 10.3. The maximum absolute atomic E-state index is 5.86. The van der Waals surface area contributed by atoms with Crippen LogP contribution in [0.15, 0.2) is 24.3 Å². The summed E-state index contributed by atoms with van der Waals surface area (Å²) in [5.74, 6) is 0.812. The van der Waals surface area contributed by atoms with Crippen LogP contribution in [0.4, 0.5) is 0 Å². The van der Waals surface area contributed by atoms with Crippen LogP contribution in [0.25, 0.3) is 0 Å². The van der Waals surface area contributed by atoms with E-state index in [-0.39, 0.29) is 0 Å². The molecule has 1 rings (SSSR count). The molecule has 1 aromatic rings. The smallest absolute Gasteiger partial charge is 0.120 e. The molecule has 0 fully saturated rings. The van der Waals surface area contributed by atoms with E-state index in [1.807, 2.05) is 38.1 Å². The van der Waals surface area contributed by atoms with Gasteiger partial charge in [0, 0.05) is 18.2 Å². The average molecular weight is 272 g/mol. The van der Waals surface area contributed by atoms with Crippen molar-refractivity contribution in [3.8, 4) is 5.75 Å². The van der Waals surface area contributed by atoms with Gasteiger partial charge in [-0.1, -0.05) is 17.7 Å². The zero-order chi connectivity index (χ0) is 13.2. The molecule has 18 heavy (non-hydrogen) atoms. The SMILES string of the molecule is CC(C)OCCCNCCOc1cccc(Cl)c1. The third kappa shape index (κ3) is 7.54. The van der Waals surface area contributed by atoms with Gasteiger partial charge in [0.05, 0.1) is 6.10 Å². The van der Waals surface area contributed by atoms with Crippen molar-refractivity contribution in [3.63, 3.8) is 0 Å². The molecule has 0 bridgehead atoms. The molecule has 4 heteroatoms. The van der Waals surface area contributed by atoms with Crippen LogP contribution in [0.2, 0.25) is 5.02 Å². The summed E-state index contributed by atoms with van der Waals surface area (Å²) < 4.78 is 11.0. The number of hydrogen-bond acceptors (Lipinski definition) is 3. The third-order valence-corrected chi connectivity index (χ3v) is 2.53. The van der Waals surface area contributed by atoms with Gasteiger partial charge in [-0.05, 0) is 45.0 Å². The first-order valence-corrected chi connectivity index (χ1v) is 6.77. The van der Waals surface area contributed by atoms with Gasteiger partial charge in [-0.15, -0.1) is 0 Å². The fourth-order valence-electron chi connectivity index (χ4n) is 1.44. The Balaban J connectivity index is 1.96. The number of rotatable bonds is 9. The van der Waals surface area contributed by atoms with Crippen molar-refractivity contribution >= 4 is 11.6 Å². The van der Waals surface area contributed by atoms with Gasteiger partial charge in [0.25, 0.3) is 0 Å². The second-order valence-corrected chi connectivity index (χ2v) is 4.77. The van der Waals surface area contributed by atoms with Gasteiger partial charge in [0.15, 0.2) is 0 Å². The molecule has 0 atom stereocenters. The van der Waals surface area contributed by atoms with E-state index >= 15 is 0 Å². The number of benzene rings is 1. The van der Waals surface area contributed by atoms with Crippen LogP contribution in [0.5, 0.6) is 5.75 Å². The van der Waals surface area contributed by atoms with Crippen molar-refractivity contribution in [2.45, 2.75) is 26.4 Å². The minimum absolute atomic E-state index is 0.316. The van der Waals surface area contributed by atoms with Crippen LogP contribution in [0, 0.1) is 0 Å². The van der Waals surface area contributed by atoms with Gasteiger partial charge in [-0.3, -0.25) is 0 Å². The van der Waals surface area contributed by atoms with E-state index in [1.54, 1.807) is 0 Å². The lowest BCUT2D eigenvalue weighted by Gasteiger charge is -2.09. The highest BCUT2D eigenvalue weighted by Gasteiger charge is 1.95. The maximum atomic E-state index is 5.86. The highest BCUT2D eigenvalue weighted by atomic mass is 35.5. The van der Waals surface area contributed by atoms with Gasteiger partial charge >= 0.3 is 0 Å². The number of hydrogen-bond donors (Lipinski definition) is 1. The summed E-state index contributed by atoms with van der Waals surface area (Å²) >= 11 is 5.86. The minimum Gasteiger partial charge on any atom is -0.492 e. The Morgan fingerprint density at radius 3 is 2.78 bits per heavy atom. The Morgan fingerprint density at radius 2 is 2.06 bits per heavy atom. The summed E-state index contributed by atoms with van der Waals surface area (Å²) in [5.41, 5.74) is 0. The van der Waals surface area contributed by atoms with E-state index in [0.717, 1.165) is 31.9 Å². The number of halogens is 1. The largest absolute Gasteiger partial charge is 0.492 e. The van der Waals surface area contributed by atoms with E-state index in [2.05, 4.69) is 5.32 Å². The first-order chi connectivity index (χ1) is 8.68. The Hall–Kier alpha value is -0.770. The summed E-state index contributed by atoms with van der Waals surface area (Å²) in [5, 5.41) is 4.01. The molecule has 0 aliphatic rings. The lowest BCUT2D eigenvalue weighted by Crippen LogP contribution is -2.23. The predicted octanol–water partition coefficient (Wildman–Crippen LogP) is 3.12. The van der Waals surface area contributed by atoms with E-state index in [1.165, 1.54) is 0 Å². The molecule has 0 amide bonds. The minimum atomic E-state index is 0.316. The summed E-state index contributed by atoms with van der Waals surface area (Å²) in [6, 6.07) is 7.44. The Morgan fingerprint density at radius 1 is 1.22 bits per heavy atom. The zero-order valence-electron chi connectivity index (χ0n) is 11.1. The molecule has 0 saturated heterocycles. The van der Waals surface area contributed by atoms with Gasteiger partial charge < -0.3 is 14.8 Å². The number of ether oxygens (including phenoxy) is 2. The van der Waals surface area contributed by atoms with Crippen LogP contribution >= 0.6 is 11.6 Å². The molecule has 0 aromatic heterocycles. The predicted molar refractivity (Wildman–Crippen MR) is 75.5 cm³/mol. The molecule has 1 N–H and O–H groups in total. The standard InChI is InChI=1S/C14H22ClNO2/c1-12(2)17-9-4-7-16-8-10-18-14-6-3-5-13(15)11-14/h3,5-6,11-12,16H,4,7-10H2,1-2H3. The van der Waals surface area contributed by atoms with Gasteiger partial charge in [-0.25, -0.2) is 0 Å². The molecular weight excluding hydrogens is 250 g/mol. The van der Waals surface area contributed by atoms with Crippen LogP contribution in [0.3, 0.4) is 0 Å². The van der Waals surface area contributed by atoms with E-state index in [0.29, 0.717) is 17.7 Å². The monoisotopic (exact) mass is 271 g/mol. The van der Waals surface area contributed by atoms with Crippen molar-refractivity contribution in [2.75, 3.05) is 26.3 Å². The fraction of sp³-hybridized carbons (Fsp3) is 0.571. The van der Waals surface area contributed by atoms with E-state index < -0.39 is 0 Å². The fourth-order valence-corrected chi connectivity index (χ4v) is 1.62. The summed E-state index contributed by atoms with van der Waals surface area (Å²) in [6.07, 6.45) is 1.34. The Bertz CT molecular complexity index is 331. The molecule has 0 saturated carbocycles. The number of nitrogens with one attached hydrogen (secondary N) is 1. The normalized spacial score (nSPS) is 10.9. The van der Waals surface area contributed by atoms with E-state index in [9.17, 15) is 0 Å². The Labute approximate surface area is 114 Å². The summed E-state index contributed by atoms with van der Waals surface area (Å²) in [4.78, 5) is 0. The first-order valence-electron chi connectivity index (χ1n) is 6.39. The van der Waals surface area contributed by atoms with Gasteiger partial charge in [-0.2, -0.15) is 0 Å². The second-order valence-electron chi connectivity index (χ2n) is 4.33. The molecular formula is C14H22ClNO2. The molecule has 0 radical (unpaired) electrons. The van der Waals surface area contributed by atoms with Crippen LogP contribution in [0.1, 0.15) is 20.3 Å². The van der Waals surface area contributed by atoms with Gasteiger partial charge in [0.1, 0.15) is 12.4 Å². The van der Waals surface area contributed by atoms with Crippen molar-refractivity contribution < 1.29 is 9.47 Å². The molecule has 102 valence electrons. The van der Waals surface area contributed by atoms with Crippen molar-refractivity contribution in [3.05, 3.63) is 29.3 Å². The molecule has 0 aliphatic carbocycles. The van der Waals surface area contributed by atoms with E-state index in [4.69, 9.17) is 21.1 Å². The molecule has 3 nitrogen and oxygen atoms in total. The van der Waals surface area contributed by atoms with Crippen molar-refractivity contribution in [2.24, 2.45) is 0 Å². The molecule has 0 aliphatic heterocycles. The Kier molecular flexibility index (Phi) is 7.81. The van der Waals surface area contributed by atoms with Crippen molar-refractivity contribution in [1.29, 1.82) is 0 Å². The molecule has 0 heterocycles. The zero-order valence-corrected chi connectivity index (χ0v) is 11.9. The topological polar surface area (TPSA) is 30.5 Å². The first kappa shape index (κ1) is 15.3. The van der Waals surface area contributed by atoms with Crippen LogP contribution < -0.4 is 10.1 Å². The highest BCUT2D eigenvalue weighted by molar-refractivity contribution is 6.30. The molecule has 1 aromatic carbocycles. The average Bonchev–Trinajstić information content (AvgIpc) is 2.32. The maximum Gasteiger partial charge on any atom is 0.120 e. The highest BCUT2D eigenvalue weighted by Crippen LogP contribution is 2.16. The van der Waals surface area contributed by atoms with Crippen LogP contribution in [-0.4, -0.2) is 32.4 Å². The lowest BCUT2D eigenvalue weighted by molar-refractivity contribution is 0.0770. The quantitative estimate of drug-likeness (QED) is 0.700. The third-order valence-electron chi connectivity index (χ3n) is 2.29. The molecule has 0 unspecified atom stereocenters. The van der Waals surface area contributed by atoms with Crippen LogP contribution in [-0.2, 0) is 4.74 Å². The molecule has 0 spiro atoms. The van der Waals surface area contributed by atoms with Gasteiger partial charge in [0.2, 0.25) is 0 Å². The van der Waals surface area contributed by atoms with Crippen molar-refractivity contribution in [1.82, 2.24) is 5.32 Å². The summed E-state index contributed by atoms with van der Waals surface area (Å²) in [6.45, 7) is 7.32.